The van der Waals surface area contributed by atoms with E-state index in [4.69, 9.17) is 16.3 Å². The average Bonchev–Trinajstić information content (AvgIpc) is 2.54. The number of carbonyl (C=O) groups excluding carboxylic acids is 1. The maximum absolute atomic E-state index is 12.5. The third-order valence-electron chi connectivity index (χ3n) is 3.80. The van der Waals surface area contributed by atoms with E-state index >= 15 is 0 Å². The van der Waals surface area contributed by atoms with Gasteiger partial charge < -0.3 is 15.2 Å². The standard InChI is InChI=1S/C15H15ClN2O6/c1-24-13-5-3-9(18(22)23)7-12(13)17-14(19)11-6-8(16)2-4-10(11)15(20)21/h2-3,5,7,10-11H,4,6H2,1H3,(H,17,19)(H,20,21)/t10-,11-/m0/s1. The highest BCUT2D eigenvalue weighted by Gasteiger charge is 2.36. The highest BCUT2D eigenvalue weighted by Crippen LogP contribution is 2.34. The molecule has 0 saturated heterocycles. The van der Waals surface area contributed by atoms with Crippen LogP contribution in [0.15, 0.2) is 29.3 Å². The van der Waals surface area contributed by atoms with Crippen LogP contribution in [-0.2, 0) is 9.59 Å². The summed E-state index contributed by atoms with van der Waals surface area (Å²) in [6, 6.07) is 3.76. The van der Waals surface area contributed by atoms with Gasteiger partial charge in [0.2, 0.25) is 5.91 Å². The summed E-state index contributed by atoms with van der Waals surface area (Å²) in [6.07, 6.45) is 1.83. The van der Waals surface area contributed by atoms with Crippen LogP contribution in [0.5, 0.6) is 5.75 Å². The number of nitrogens with zero attached hydrogens (tertiary/aromatic N) is 1. The maximum Gasteiger partial charge on any atom is 0.307 e. The summed E-state index contributed by atoms with van der Waals surface area (Å²) in [4.78, 5) is 34.1. The Morgan fingerprint density at radius 3 is 2.71 bits per heavy atom. The maximum atomic E-state index is 12.5. The van der Waals surface area contributed by atoms with Gasteiger partial charge in [-0.3, -0.25) is 19.7 Å². The molecule has 2 atom stereocenters. The molecule has 128 valence electrons. The second-order valence-electron chi connectivity index (χ2n) is 5.27. The minimum atomic E-state index is -1.10. The van der Waals surface area contributed by atoms with Gasteiger partial charge in [-0.2, -0.15) is 0 Å². The first-order valence-electron chi connectivity index (χ1n) is 7.04. The Hall–Kier alpha value is -2.61. The Balaban J connectivity index is 2.27. The van der Waals surface area contributed by atoms with Crippen molar-refractivity contribution in [2.75, 3.05) is 12.4 Å². The number of carboxylic acids is 1. The zero-order valence-electron chi connectivity index (χ0n) is 12.7. The Morgan fingerprint density at radius 1 is 1.42 bits per heavy atom. The van der Waals surface area contributed by atoms with Crippen molar-refractivity contribution < 1.29 is 24.4 Å². The van der Waals surface area contributed by atoms with Crippen LogP contribution in [0.25, 0.3) is 0 Å². The third kappa shape index (κ3) is 3.83. The molecular weight excluding hydrogens is 340 g/mol. The first-order chi connectivity index (χ1) is 11.3. The van der Waals surface area contributed by atoms with Gasteiger partial charge in [0.1, 0.15) is 5.75 Å². The Kier molecular flexibility index (Phi) is 5.40. The van der Waals surface area contributed by atoms with Crippen LogP contribution in [0.2, 0.25) is 0 Å². The van der Waals surface area contributed by atoms with Crippen LogP contribution in [0.4, 0.5) is 11.4 Å². The molecule has 1 amide bonds. The molecule has 0 aromatic heterocycles. The number of allylic oxidation sites excluding steroid dienone is 2. The number of hydrogen-bond donors (Lipinski definition) is 2. The van der Waals surface area contributed by atoms with Crippen molar-refractivity contribution in [1.29, 1.82) is 0 Å². The molecule has 0 aliphatic heterocycles. The van der Waals surface area contributed by atoms with Crippen molar-refractivity contribution in [3.63, 3.8) is 0 Å². The number of anilines is 1. The topological polar surface area (TPSA) is 119 Å². The lowest BCUT2D eigenvalue weighted by Crippen LogP contribution is -2.35. The predicted octanol–water partition coefficient (Wildman–Crippen LogP) is 2.78. The van der Waals surface area contributed by atoms with Gasteiger partial charge in [0.15, 0.2) is 0 Å². The van der Waals surface area contributed by atoms with Gasteiger partial charge in [0, 0.05) is 17.2 Å². The number of carbonyl (C=O) groups is 2. The summed E-state index contributed by atoms with van der Waals surface area (Å²) >= 11 is 5.93. The van der Waals surface area contributed by atoms with E-state index in [9.17, 15) is 24.8 Å². The van der Waals surface area contributed by atoms with Crippen LogP contribution in [0.3, 0.4) is 0 Å². The largest absolute Gasteiger partial charge is 0.495 e. The van der Waals surface area contributed by atoms with Crippen LogP contribution in [-0.4, -0.2) is 29.0 Å². The molecule has 1 aromatic rings. The third-order valence-corrected chi connectivity index (χ3v) is 4.11. The quantitative estimate of drug-likeness (QED) is 0.619. The average molecular weight is 355 g/mol. The fraction of sp³-hybridized carbons (Fsp3) is 0.333. The van der Waals surface area contributed by atoms with Crippen molar-refractivity contribution in [2.24, 2.45) is 11.8 Å². The van der Waals surface area contributed by atoms with Gasteiger partial charge in [0.05, 0.1) is 29.6 Å². The zero-order chi connectivity index (χ0) is 17.9. The van der Waals surface area contributed by atoms with E-state index in [-0.39, 0.29) is 30.0 Å². The number of nitrogens with one attached hydrogen (secondary N) is 1. The SMILES string of the molecule is COc1ccc([N+](=O)[O-])cc1NC(=O)[C@H]1CC(Cl)=CC[C@@H]1C(=O)O. The van der Waals surface area contributed by atoms with Gasteiger partial charge >= 0.3 is 5.97 Å². The first kappa shape index (κ1) is 17.7. The van der Waals surface area contributed by atoms with Crippen molar-refractivity contribution in [1.82, 2.24) is 0 Å². The smallest absolute Gasteiger partial charge is 0.307 e. The second kappa shape index (κ2) is 7.31. The van der Waals surface area contributed by atoms with E-state index in [1.54, 1.807) is 6.08 Å². The van der Waals surface area contributed by atoms with E-state index in [0.717, 1.165) is 6.07 Å². The number of hydrogen-bond acceptors (Lipinski definition) is 5. The number of carboxylic acid groups (broad SMARTS) is 1. The summed E-state index contributed by atoms with van der Waals surface area (Å²) in [7, 11) is 1.36. The number of nitro benzene ring substituents is 1. The van der Waals surface area contributed by atoms with Crippen LogP contribution in [0, 0.1) is 22.0 Å². The van der Waals surface area contributed by atoms with Gasteiger partial charge in [-0.1, -0.05) is 17.7 Å². The lowest BCUT2D eigenvalue weighted by Gasteiger charge is -2.26. The number of non-ortho nitro benzene ring substituents is 1. The molecule has 0 fully saturated rings. The molecule has 2 rings (SSSR count). The minimum Gasteiger partial charge on any atom is -0.495 e. The van der Waals surface area contributed by atoms with Gasteiger partial charge in [-0.25, -0.2) is 0 Å². The number of methoxy groups -OCH3 is 1. The molecule has 0 unspecified atom stereocenters. The number of ether oxygens (including phenoxy) is 1. The van der Waals surface area contributed by atoms with E-state index in [2.05, 4.69) is 5.32 Å². The fourth-order valence-corrected chi connectivity index (χ4v) is 2.79. The molecule has 1 aliphatic carbocycles. The molecule has 0 saturated carbocycles. The van der Waals surface area contributed by atoms with Crippen LogP contribution in [0.1, 0.15) is 12.8 Å². The van der Waals surface area contributed by atoms with Gasteiger partial charge in [0.25, 0.3) is 5.69 Å². The Bertz CT molecular complexity index is 718. The molecule has 0 bridgehead atoms. The zero-order valence-corrected chi connectivity index (χ0v) is 13.4. The highest BCUT2D eigenvalue weighted by atomic mass is 35.5. The number of nitro groups is 1. The summed E-state index contributed by atoms with van der Waals surface area (Å²) in [5, 5.41) is 23.1. The monoisotopic (exact) mass is 354 g/mol. The summed E-state index contributed by atoms with van der Waals surface area (Å²) in [6.45, 7) is 0. The van der Waals surface area contributed by atoms with Crippen molar-refractivity contribution in [3.05, 3.63) is 39.4 Å². The molecule has 9 heteroatoms. The van der Waals surface area contributed by atoms with Crippen molar-refractivity contribution >= 4 is 34.9 Å². The summed E-state index contributed by atoms with van der Waals surface area (Å²) in [5.41, 5.74) is -0.117. The number of benzene rings is 1. The number of aliphatic carboxylic acids is 1. The van der Waals surface area contributed by atoms with E-state index in [1.807, 2.05) is 0 Å². The molecule has 0 radical (unpaired) electrons. The summed E-state index contributed by atoms with van der Waals surface area (Å²) in [5.74, 6) is -3.21. The molecule has 24 heavy (non-hydrogen) atoms. The van der Waals surface area contributed by atoms with Crippen molar-refractivity contribution in [3.8, 4) is 5.75 Å². The Morgan fingerprint density at radius 2 is 2.12 bits per heavy atom. The van der Waals surface area contributed by atoms with Crippen LogP contribution < -0.4 is 10.1 Å². The summed E-state index contributed by atoms with van der Waals surface area (Å²) < 4.78 is 5.07. The highest BCUT2D eigenvalue weighted by molar-refractivity contribution is 6.29. The Labute approximate surface area is 142 Å². The molecule has 2 N–H and O–H groups in total. The number of amides is 1. The molecule has 0 heterocycles. The molecular formula is C15H15ClN2O6. The van der Waals surface area contributed by atoms with Gasteiger partial charge in [-0.05, 0) is 18.9 Å². The molecule has 0 spiro atoms. The van der Waals surface area contributed by atoms with E-state index in [1.165, 1.54) is 19.2 Å². The van der Waals surface area contributed by atoms with Crippen molar-refractivity contribution in [2.45, 2.75) is 12.8 Å². The molecule has 1 aromatic carbocycles. The second-order valence-corrected chi connectivity index (χ2v) is 5.76. The first-order valence-corrected chi connectivity index (χ1v) is 7.42. The predicted molar refractivity (Wildman–Crippen MR) is 86.1 cm³/mol. The van der Waals surface area contributed by atoms with Gasteiger partial charge in [-0.15, -0.1) is 0 Å². The minimum absolute atomic E-state index is 0.0988. The van der Waals surface area contributed by atoms with E-state index < -0.39 is 28.6 Å². The molecule has 1 aliphatic rings. The lowest BCUT2D eigenvalue weighted by molar-refractivity contribution is -0.384. The number of rotatable bonds is 5. The lowest BCUT2D eigenvalue weighted by atomic mass is 9.82. The van der Waals surface area contributed by atoms with Crippen LogP contribution >= 0.6 is 11.6 Å². The molecule has 8 nitrogen and oxygen atoms in total. The fourth-order valence-electron chi connectivity index (χ4n) is 2.54. The van der Waals surface area contributed by atoms with E-state index in [0.29, 0.717) is 5.03 Å². The number of halogens is 1. The normalized spacial score (nSPS) is 20.0.